The number of carboxylic acids is 1. The number of hydrogen-bond acceptors (Lipinski definition) is 6. The third kappa shape index (κ3) is 8.44. The summed E-state index contributed by atoms with van der Waals surface area (Å²) in [5.41, 5.74) is 0.893. The van der Waals surface area contributed by atoms with E-state index in [1.54, 1.807) is 9.80 Å². The van der Waals surface area contributed by atoms with Crippen LogP contribution in [0.3, 0.4) is 0 Å². The largest absolute Gasteiger partial charge is 0.573 e. The molecule has 0 atom stereocenters. The van der Waals surface area contributed by atoms with Crippen LogP contribution in [-0.4, -0.2) is 91.1 Å². The average Bonchev–Trinajstić information content (AvgIpc) is 2.81. The summed E-state index contributed by atoms with van der Waals surface area (Å²) in [5.74, 6) is -2.06. The first-order valence-electron chi connectivity index (χ1n) is 11.6. The number of piperidine rings is 1. The maximum Gasteiger partial charge on any atom is 0.573 e. The van der Waals surface area contributed by atoms with Crippen molar-refractivity contribution in [1.29, 1.82) is 0 Å². The Morgan fingerprint density at radius 3 is 1.95 bits per heavy atom. The van der Waals surface area contributed by atoms with Crippen molar-refractivity contribution in [2.75, 3.05) is 44.2 Å². The van der Waals surface area contributed by atoms with E-state index in [0.717, 1.165) is 6.07 Å². The highest BCUT2D eigenvalue weighted by Crippen LogP contribution is 2.36. The number of benzene rings is 1. The molecule has 0 saturated carbocycles. The van der Waals surface area contributed by atoms with E-state index in [9.17, 15) is 54.2 Å². The highest BCUT2D eigenvalue weighted by atomic mass is 19.4. The number of aliphatic carboxylic acids is 1. The molecule has 2 aliphatic rings. The summed E-state index contributed by atoms with van der Waals surface area (Å²) in [4.78, 5) is 27.4. The van der Waals surface area contributed by atoms with E-state index in [0.29, 0.717) is 16.2 Å². The summed E-state index contributed by atoms with van der Waals surface area (Å²) >= 11 is 0. The smallest absolute Gasteiger partial charge is 0.481 e. The van der Waals surface area contributed by atoms with E-state index < -0.39 is 48.5 Å². The quantitative estimate of drug-likeness (QED) is 0.491. The van der Waals surface area contributed by atoms with Gasteiger partial charge in [-0.15, -0.1) is 13.2 Å². The molecule has 2 fully saturated rings. The molecule has 17 heteroatoms. The van der Waals surface area contributed by atoms with Crippen molar-refractivity contribution in [3.8, 4) is 5.75 Å². The van der Waals surface area contributed by atoms with Gasteiger partial charge in [-0.3, -0.25) is 9.69 Å². The van der Waals surface area contributed by atoms with Crippen LogP contribution in [0.5, 0.6) is 5.75 Å². The van der Waals surface area contributed by atoms with E-state index in [4.69, 9.17) is 0 Å². The Morgan fingerprint density at radius 2 is 1.46 bits per heavy atom. The molecule has 8 nitrogen and oxygen atoms in total. The van der Waals surface area contributed by atoms with Crippen LogP contribution >= 0.6 is 0 Å². The minimum Gasteiger partial charge on any atom is -0.481 e. The van der Waals surface area contributed by atoms with E-state index in [1.807, 2.05) is 0 Å². The van der Waals surface area contributed by atoms with Crippen molar-refractivity contribution in [3.05, 3.63) is 23.8 Å². The van der Waals surface area contributed by atoms with Crippen molar-refractivity contribution in [3.63, 3.8) is 0 Å². The van der Waals surface area contributed by atoms with Crippen molar-refractivity contribution >= 4 is 17.7 Å². The number of hydrogen-bond donors (Lipinski definition) is 1. The van der Waals surface area contributed by atoms with Crippen molar-refractivity contribution < 1.29 is 63.7 Å². The van der Waals surface area contributed by atoms with E-state index in [2.05, 4.69) is 9.47 Å². The highest BCUT2D eigenvalue weighted by Gasteiger charge is 2.60. The molecular weight excluding hydrogens is 557 g/mol. The Labute approximate surface area is 215 Å². The molecule has 0 aliphatic carbocycles. The summed E-state index contributed by atoms with van der Waals surface area (Å²) in [6.07, 6.45) is -22.1. The summed E-state index contributed by atoms with van der Waals surface area (Å²) < 4.78 is 122. The van der Waals surface area contributed by atoms with Gasteiger partial charge in [0.1, 0.15) is 5.75 Å². The first kappa shape index (κ1) is 30.4. The Kier molecular flexibility index (Phi) is 9.02. The lowest BCUT2D eigenvalue weighted by atomic mass is 9.96. The van der Waals surface area contributed by atoms with Gasteiger partial charge >= 0.3 is 30.8 Å². The molecule has 2 heterocycles. The molecule has 0 radical (unpaired) electrons. The lowest BCUT2D eigenvalue weighted by Gasteiger charge is -2.37. The monoisotopic (exact) mass is 581 g/mol. The summed E-state index contributed by atoms with van der Waals surface area (Å²) in [7, 11) is 0. The van der Waals surface area contributed by atoms with Gasteiger partial charge in [-0.2, -0.15) is 26.3 Å². The molecule has 1 aromatic rings. The second kappa shape index (κ2) is 11.6. The predicted molar refractivity (Wildman–Crippen MR) is 115 cm³/mol. The molecule has 0 aromatic heterocycles. The number of amides is 1. The Morgan fingerprint density at radius 1 is 0.897 bits per heavy atom. The van der Waals surface area contributed by atoms with Crippen LogP contribution in [-0.2, 0) is 16.1 Å². The molecule has 0 spiro atoms. The zero-order valence-corrected chi connectivity index (χ0v) is 20.1. The van der Waals surface area contributed by atoms with Gasteiger partial charge in [0.15, 0.2) is 0 Å². The Balaban J connectivity index is 1.68. The van der Waals surface area contributed by atoms with Crippen LogP contribution in [0, 0.1) is 5.92 Å². The topological polar surface area (TPSA) is 82.5 Å². The molecule has 1 N–H and O–H groups in total. The SMILES string of the molecule is O=C(O)C1CCN(c2cc(OC(F)(F)F)ccc2CN2CCN(C(=O)OC(C(F)(F)F)C(F)(F)F)CC2)CC1. The van der Waals surface area contributed by atoms with Gasteiger partial charge in [0.2, 0.25) is 0 Å². The number of ether oxygens (including phenoxy) is 2. The third-order valence-electron chi connectivity index (χ3n) is 6.31. The van der Waals surface area contributed by atoms with Crippen LogP contribution in [0.1, 0.15) is 18.4 Å². The van der Waals surface area contributed by atoms with Gasteiger partial charge in [0, 0.05) is 57.6 Å². The van der Waals surface area contributed by atoms with Crippen molar-refractivity contribution in [1.82, 2.24) is 9.80 Å². The molecule has 0 bridgehead atoms. The molecule has 2 saturated heterocycles. The standard InChI is InChI=1S/C22H24F9N3O5/c23-20(24,25)18(21(26,27)28)38-19(37)34-9-7-32(8-10-34)12-14-1-2-15(39-22(29,30)31)11-16(14)33-5-3-13(4-6-33)17(35)36/h1-2,11,13,18H,3-10,12H2,(H,35,36). The van der Waals surface area contributed by atoms with Gasteiger partial charge in [-0.05, 0) is 24.5 Å². The molecular formula is C22H24F9N3O5. The van der Waals surface area contributed by atoms with Crippen LogP contribution in [0.2, 0.25) is 0 Å². The number of rotatable bonds is 6. The highest BCUT2D eigenvalue weighted by molar-refractivity contribution is 5.70. The second-order valence-corrected chi connectivity index (χ2v) is 9.05. The number of carbonyl (C=O) groups excluding carboxylic acids is 1. The molecule has 220 valence electrons. The summed E-state index contributed by atoms with van der Waals surface area (Å²) in [5, 5.41) is 9.21. The third-order valence-corrected chi connectivity index (χ3v) is 6.31. The fourth-order valence-corrected chi connectivity index (χ4v) is 4.36. The van der Waals surface area contributed by atoms with E-state index in [1.165, 1.54) is 12.1 Å². The summed E-state index contributed by atoms with van der Waals surface area (Å²) in [6.45, 7) is 0.165. The maximum absolute atomic E-state index is 12.8. The Hall–Kier alpha value is -3.11. The van der Waals surface area contributed by atoms with Gasteiger partial charge < -0.3 is 24.4 Å². The zero-order valence-electron chi connectivity index (χ0n) is 20.1. The van der Waals surface area contributed by atoms with Crippen LogP contribution in [0.15, 0.2) is 18.2 Å². The maximum atomic E-state index is 12.8. The minimum absolute atomic E-state index is 0.0269. The Bertz CT molecular complexity index is 1000. The fourth-order valence-electron chi connectivity index (χ4n) is 4.36. The molecule has 39 heavy (non-hydrogen) atoms. The van der Waals surface area contributed by atoms with Crippen molar-refractivity contribution in [2.24, 2.45) is 5.92 Å². The van der Waals surface area contributed by atoms with Gasteiger partial charge in [-0.25, -0.2) is 4.79 Å². The number of carboxylic acid groups (broad SMARTS) is 1. The van der Waals surface area contributed by atoms with E-state index in [-0.39, 0.29) is 58.7 Å². The first-order chi connectivity index (χ1) is 17.9. The number of carbonyl (C=O) groups is 2. The minimum atomic E-state index is -5.84. The van der Waals surface area contributed by atoms with Crippen molar-refractivity contribution in [2.45, 2.75) is 44.2 Å². The molecule has 3 rings (SSSR count). The molecule has 2 aliphatic heterocycles. The predicted octanol–water partition coefficient (Wildman–Crippen LogP) is 4.63. The number of halogens is 9. The lowest BCUT2D eigenvalue weighted by Crippen LogP contribution is -2.52. The van der Waals surface area contributed by atoms with Gasteiger partial charge in [0.05, 0.1) is 5.92 Å². The number of piperazine rings is 1. The van der Waals surface area contributed by atoms with Crippen LogP contribution < -0.4 is 9.64 Å². The zero-order chi connectivity index (χ0) is 29.2. The normalized spacial score (nSPS) is 18.4. The molecule has 0 unspecified atom stereocenters. The van der Waals surface area contributed by atoms with Gasteiger partial charge in [-0.1, -0.05) is 6.07 Å². The van der Waals surface area contributed by atoms with Crippen LogP contribution in [0.25, 0.3) is 0 Å². The summed E-state index contributed by atoms with van der Waals surface area (Å²) in [6, 6.07) is 3.65. The molecule has 1 amide bonds. The number of alkyl halides is 9. The van der Waals surface area contributed by atoms with Crippen LogP contribution in [0.4, 0.5) is 50.0 Å². The van der Waals surface area contributed by atoms with E-state index >= 15 is 0 Å². The average molecular weight is 581 g/mol. The van der Waals surface area contributed by atoms with Gasteiger partial charge in [0.25, 0.3) is 6.10 Å². The second-order valence-electron chi connectivity index (χ2n) is 9.05. The first-order valence-corrected chi connectivity index (χ1v) is 11.6. The fraction of sp³-hybridized carbons (Fsp3) is 0.636. The number of nitrogens with zero attached hydrogens (tertiary/aromatic N) is 3. The molecule has 1 aromatic carbocycles. The number of anilines is 1. The lowest BCUT2D eigenvalue weighted by molar-refractivity contribution is -0.308.